The highest BCUT2D eigenvalue weighted by Gasteiger charge is 2.40. The summed E-state index contributed by atoms with van der Waals surface area (Å²) in [6, 6.07) is 14.4. The maximum absolute atomic E-state index is 13.4. The van der Waals surface area contributed by atoms with E-state index < -0.39 is 10.0 Å². The highest BCUT2D eigenvalue weighted by atomic mass is 35.5. The van der Waals surface area contributed by atoms with E-state index in [1.54, 1.807) is 18.2 Å². The summed E-state index contributed by atoms with van der Waals surface area (Å²) in [7, 11) is -3.70. The predicted octanol–water partition coefficient (Wildman–Crippen LogP) is 2.60. The minimum atomic E-state index is -3.70. The number of piperazine rings is 1. The van der Waals surface area contributed by atoms with Crippen LogP contribution in [0.2, 0.25) is 5.02 Å². The summed E-state index contributed by atoms with van der Waals surface area (Å²) in [6.45, 7) is 4.41. The van der Waals surface area contributed by atoms with Crippen LogP contribution < -0.4 is 0 Å². The van der Waals surface area contributed by atoms with Crippen molar-refractivity contribution in [3.8, 4) is 0 Å². The van der Waals surface area contributed by atoms with Gasteiger partial charge in [-0.05, 0) is 42.7 Å². The van der Waals surface area contributed by atoms with Crippen molar-refractivity contribution in [2.75, 3.05) is 32.7 Å². The van der Waals surface area contributed by atoms with Gasteiger partial charge in [0, 0.05) is 49.9 Å². The number of hydrogen-bond acceptors (Lipinski definition) is 5. The average Bonchev–Trinajstić information content (AvgIpc) is 3.38. The van der Waals surface area contributed by atoms with E-state index in [-0.39, 0.29) is 16.8 Å². The first-order valence-electron chi connectivity index (χ1n) is 10.9. The Labute approximate surface area is 193 Å². The molecule has 7 nitrogen and oxygen atoms in total. The number of carbonyl (C=O) groups is 1. The van der Waals surface area contributed by atoms with Gasteiger partial charge in [0.05, 0.1) is 0 Å². The summed E-state index contributed by atoms with van der Waals surface area (Å²) in [5.41, 5.74) is 1.80. The molecule has 0 saturated carbocycles. The van der Waals surface area contributed by atoms with Gasteiger partial charge >= 0.3 is 0 Å². The fourth-order valence-electron chi connectivity index (χ4n) is 4.76. The Morgan fingerprint density at radius 2 is 1.72 bits per heavy atom. The van der Waals surface area contributed by atoms with E-state index in [4.69, 9.17) is 11.6 Å². The van der Waals surface area contributed by atoms with Crippen LogP contribution in [-0.4, -0.2) is 73.6 Å². The first-order chi connectivity index (χ1) is 15.4. The lowest BCUT2D eigenvalue weighted by Gasteiger charge is -2.37. The van der Waals surface area contributed by atoms with Gasteiger partial charge in [-0.3, -0.25) is 9.69 Å². The Hall–Kier alpha value is -2.42. The van der Waals surface area contributed by atoms with E-state index in [1.807, 2.05) is 40.1 Å². The maximum Gasteiger partial charge on any atom is 0.285 e. The molecule has 3 heterocycles. The quantitative estimate of drug-likeness (QED) is 0.686. The van der Waals surface area contributed by atoms with Crippen molar-refractivity contribution < 1.29 is 13.2 Å². The molecule has 2 fully saturated rings. The van der Waals surface area contributed by atoms with Crippen molar-refractivity contribution in [3.63, 3.8) is 0 Å². The Morgan fingerprint density at radius 1 is 1.00 bits per heavy atom. The molecular formula is C23H25ClN4O3S. The molecule has 32 heavy (non-hydrogen) atoms. The van der Waals surface area contributed by atoms with Gasteiger partial charge < -0.3 is 9.80 Å². The van der Waals surface area contributed by atoms with Crippen LogP contribution in [0.4, 0.5) is 0 Å². The van der Waals surface area contributed by atoms with Crippen LogP contribution in [-0.2, 0) is 21.4 Å². The van der Waals surface area contributed by atoms with Crippen molar-refractivity contribution in [2.45, 2.75) is 30.3 Å². The summed E-state index contributed by atoms with van der Waals surface area (Å²) in [4.78, 5) is 19.8. The molecule has 0 N–H and O–H groups in total. The lowest BCUT2D eigenvalue weighted by atomic mass is 10.1. The molecular weight excluding hydrogens is 448 g/mol. The first kappa shape index (κ1) is 21.4. The highest BCUT2D eigenvalue weighted by molar-refractivity contribution is 7.90. The minimum absolute atomic E-state index is 0.0677. The highest BCUT2D eigenvalue weighted by Crippen LogP contribution is 2.31. The standard InChI is InChI=1S/C23H25ClN4O3S/c24-18-9-7-17(8-10-18)16-26-12-14-27(15-13-26)23(29)20-5-3-11-28(20)22-19-4-1-2-6-21(19)32(30,31)25-22/h1-2,4,6-10,20H,3,5,11-16H2/t20-/m0/s1. The van der Waals surface area contributed by atoms with Gasteiger partial charge in [0.15, 0.2) is 5.84 Å². The number of amidine groups is 1. The molecule has 0 bridgehead atoms. The molecule has 2 aromatic rings. The number of sulfonamides is 1. The maximum atomic E-state index is 13.4. The number of carbonyl (C=O) groups excluding carboxylic acids is 1. The molecule has 1 amide bonds. The molecule has 168 valence electrons. The molecule has 3 aliphatic rings. The van der Waals surface area contributed by atoms with E-state index >= 15 is 0 Å². The summed E-state index contributed by atoms with van der Waals surface area (Å²) >= 11 is 5.97. The van der Waals surface area contributed by atoms with E-state index in [1.165, 1.54) is 5.56 Å². The fourth-order valence-corrected chi connectivity index (χ4v) is 6.10. The molecule has 2 aromatic carbocycles. The van der Waals surface area contributed by atoms with E-state index in [2.05, 4.69) is 9.30 Å². The van der Waals surface area contributed by atoms with Crippen LogP contribution in [0.1, 0.15) is 24.0 Å². The molecule has 3 aliphatic heterocycles. The smallest absolute Gasteiger partial charge is 0.285 e. The zero-order chi connectivity index (χ0) is 22.3. The number of nitrogens with zero attached hydrogens (tertiary/aromatic N) is 4. The summed E-state index contributed by atoms with van der Waals surface area (Å²) < 4.78 is 29.0. The zero-order valence-electron chi connectivity index (χ0n) is 17.7. The van der Waals surface area contributed by atoms with Gasteiger partial charge in [0.25, 0.3) is 10.0 Å². The molecule has 9 heteroatoms. The van der Waals surface area contributed by atoms with Crippen LogP contribution in [0.15, 0.2) is 57.8 Å². The Morgan fingerprint density at radius 3 is 2.47 bits per heavy atom. The average molecular weight is 473 g/mol. The summed E-state index contributed by atoms with van der Waals surface area (Å²) in [5, 5.41) is 0.729. The Bertz CT molecular complexity index is 1160. The third kappa shape index (κ3) is 4.02. The normalized spacial score (nSPS) is 22.7. The molecule has 0 radical (unpaired) electrons. The molecule has 0 spiro atoms. The molecule has 0 aromatic heterocycles. The van der Waals surface area contributed by atoms with Gasteiger partial charge in [-0.25, -0.2) is 0 Å². The predicted molar refractivity (Wildman–Crippen MR) is 123 cm³/mol. The van der Waals surface area contributed by atoms with Gasteiger partial charge in [-0.15, -0.1) is 4.40 Å². The number of fused-ring (bicyclic) bond motifs is 1. The lowest BCUT2D eigenvalue weighted by Crippen LogP contribution is -2.54. The second kappa shape index (κ2) is 8.50. The van der Waals surface area contributed by atoms with Crippen LogP contribution in [0.5, 0.6) is 0 Å². The van der Waals surface area contributed by atoms with Crippen molar-refractivity contribution >= 4 is 33.4 Å². The summed E-state index contributed by atoms with van der Waals surface area (Å²) in [5.74, 6) is 0.482. The van der Waals surface area contributed by atoms with Crippen LogP contribution in [0, 0.1) is 0 Å². The van der Waals surface area contributed by atoms with Crippen molar-refractivity contribution in [1.82, 2.24) is 14.7 Å². The van der Waals surface area contributed by atoms with Crippen LogP contribution >= 0.6 is 11.6 Å². The van der Waals surface area contributed by atoms with Crippen LogP contribution in [0.25, 0.3) is 0 Å². The number of hydrogen-bond donors (Lipinski definition) is 0. The Balaban J connectivity index is 1.26. The third-order valence-electron chi connectivity index (χ3n) is 6.43. The first-order valence-corrected chi connectivity index (χ1v) is 12.7. The van der Waals surface area contributed by atoms with Crippen LogP contribution in [0.3, 0.4) is 0 Å². The lowest BCUT2D eigenvalue weighted by molar-refractivity contribution is -0.136. The van der Waals surface area contributed by atoms with Gasteiger partial charge in [-0.2, -0.15) is 8.42 Å². The number of halogens is 1. The molecule has 5 rings (SSSR count). The monoisotopic (exact) mass is 472 g/mol. The summed E-state index contributed by atoms with van der Waals surface area (Å²) in [6.07, 6.45) is 1.55. The molecule has 0 unspecified atom stereocenters. The molecule has 0 aliphatic carbocycles. The van der Waals surface area contributed by atoms with Crippen molar-refractivity contribution in [1.29, 1.82) is 0 Å². The second-order valence-electron chi connectivity index (χ2n) is 8.47. The van der Waals surface area contributed by atoms with Gasteiger partial charge in [0.1, 0.15) is 10.9 Å². The largest absolute Gasteiger partial charge is 0.343 e. The Kier molecular flexibility index (Phi) is 5.69. The SMILES string of the molecule is O=C([C@@H]1CCCN1C1=NS(=O)(=O)c2ccccc21)N1CCN(Cc2ccc(Cl)cc2)CC1. The van der Waals surface area contributed by atoms with Crippen molar-refractivity contribution in [2.24, 2.45) is 4.40 Å². The molecule has 2 saturated heterocycles. The fraction of sp³-hybridized carbons (Fsp3) is 0.391. The number of rotatable bonds is 3. The topological polar surface area (TPSA) is 73.3 Å². The third-order valence-corrected chi connectivity index (χ3v) is 8.00. The van der Waals surface area contributed by atoms with Gasteiger partial charge in [-0.1, -0.05) is 35.9 Å². The van der Waals surface area contributed by atoms with Crippen molar-refractivity contribution in [3.05, 3.63) is 64.7 Å². The number of amides is 1. The van der Waals surface area contributed by atoms with E-state index in [0.29, 0.717) is 37.5 Å². The minimum Gasteiger partial charge on any atom is -0.343 e. The van der Waals surface area contributed by atoms with Gasteiger partial charge in [0.2, 0.25) is 5.91 Å². The van der Waals surface area contributed by atoms with E-state index in [0.717, 1.165) is 31.1 Å². The van der Waals surface area contributed by atoms with E-state index in [9.17, 15) is 13.2 Å². The zero-order valence-corrected chi connectivity index (χ0v) is 19.2. The number of likely N-dealkylation sites (tertiary alicyclic amines) is 1. The number of benzene rings is 2. The molecule has 1 atom stereocenters. The second-order valence-corrected chi connectivity index (χ2v) is 10.5.